The van der Waals surface area contributed by atoms with E-state index in [9.17, 15) is 9.18 Å². The fourth-order valence-corrected chi connectivity index (χ4v) is 4.65. The Morgan fingerprint density at radius 1 is 0.861 bits per heavy atom. The maximum absolute atomic E-state index is 14.5. The molecule has 0 unspecified atom stereocenters. The number of rotatable bonds is 4. The predicted octanol–water partition coefficient (Wildman–Crippen LogP) is 6.01. The van der Waals surface area contributed by atoms with Crippen LogP contribution in [0.15, 0.2) is 103 Å². The second kappa shape index (κ2) is 11.1. The lowest BCUT2D eigenvalue weighted by atomic mass is 10.0. The molecule has 0 radical (unpaired) electrons. The third kappa shape index (κ3) is 5.57. The van der Waals surface area contributed by atoms with E-state index in [-0.39, 0.29) is 24.2 Å². The topological polar surface area (TPSA) is 41.6 Å². The highest BCUT2D eigenvalue weighted by Crippen LogP contribution is 2.26. The van der Waals surface area contributed by atoms with Gasteiger partial charge < -0.3 is 15.0 Å². The largest absolute Gasteiger partial charge is 0.491 e. The molecule has 4 nitrogen and oxygen atoms in total. The first kappa shape index (κ1) is 23.6. The minimum absolute atomic E-state index is 0.00978. The number of hydrogen-bond donors (Lipinski definition) is 1. The van der Waals surface area contributed by atoms with Crippen LogP contribution in [0.1, 0.15) is 22.3 Å². The van der Waals surface area contributed by atoms with Gasteiger partial charge in [-0.2, -0.15) is 0 Å². The molecular weight excluding hydrogens is 451 g/mol. The number of carbonyl (C=O) groups is 1. The van der Waals surface area contributed by atoms with Crippen LogP contribution in [-0.2, 0) is 30.7 Å². The molecule has 1 heterocycles. The number of nitrogens with one attached hydrogen (secondary N) is 1. The van der Waals surface area contributed by atoms with E-state index >= 15 is 0 Å². The molecular formula is C31H29FN2O2. The van der Waals surface area contributed by atoms with Gasteiger partial charge >= 0.3 is 0 Å². The molecule has 0 aromatic heterocycles. The minimum Gasteiger partial charge on any atom is -0.491 e. The second-order valence-electron chi connectivity index (χ2n) is 9.06. The highest BCUT2D eigenvalue weighted by Gasteiger charge is 2.27. The summed E-state index contributed by atoms with van der Waals surface area (Å²) in [5.41, 5.74) is 4.54. The summed E-state index contributed by atoms with van der Waals surface area (Å²) in [6.07, 6.45) is 0.617. The first-order valence-corrected chi connectivity index (χ1v) is 12.3. The number of halogens is 1. The van der Waals surface area contributed by atoms with Crippen molar-refractivity contribution in [1.82, 2.24) is 4.90 Å². The van der Waals surface area contributed by atoms with Gasteiger partial charge in [-0.1, -0.05) is 84.9 Å². The molecule has 0 fully saturated rings. The quantitative estimate of drug-likeness (QED) is 0.389. The van der Waals surface area contributed by atoms with Crippen LogP contribution in [0.3, 0.4) is 0 Å². The van der Waals surface area contributed by atoms with Crippen molar-refractivity contribution in [2.24, 2.45) is 0 Å². The van der Waals surface area contributed by atoms with Crippen LogP contribution in [0.2, 0.25) is 0 Å². The fraction of sp³-hybridized carbons (Fsp3) is 0.194. The molecule has 0 aliphatic carbocycles. The molecule has 1 N–H and O–H groups in total. The second-order valence-corrected chi connectivity index (χ2v) is 9.06. The number of nitrogens with zero attached hydrogens (tertiary/aromatic N) is 1. The summed E-state index contributed by atoms with van der Waals surface area (Å²) >= 11 is 0. The molecule has 182 valence electrons. The van der Waals surface area contributed by atoms with E-state index < -0.39 is 0 Å². The Hall–Kier alpha value is -4.12. The summed E-state index contributed by atoms with van der Waals surface area (Å²) in [5, 5.41) is 3.52. The number of hydrogen-bond acceptors (Lipinski definition) is 3. The Morgan fingerprint density at radius 3 is 2.39 bits per heavy atom. The zero-order valence-electron chi connectivity index (χ0n) is 20.1. The summed E-state index contributed by atoms with van der Waals surface area (Å²) in [6, 6.07) is 32.4. The maximum atomic E-state index is 14.5. The van der Waals surface area contributed by atoms with Crippen molar-refractivity contribution >= 4 is 11.6 Å². The number of para-hydroxylation sites is 2. The van der Waals surface area contributed by atoms with Gasteiger partial charge in [0, 0.05) is 24.3 Å². The molecule has 5 rings (SSSR count). The first-order chi connectivity index (χ1) is 17.7. The van der Waals surface area contributed by atoms with E-state index in [1.54, 1.807) is 18.2 Å². The fourth-order valence-electron chi connectivity index (χ4n) is 4.65. The van der Waals surface area contributed by atoms with Gasteiger partial charge in [0.2, 0.25) is 5.91 Å². The van der Waals surface area contributed by atoms with Crippen molar-refractivity contribution < 1.29 is 13.9 Å². The molecule has 4 aromatic carbocycles. The van der Waals surface area contributed by atoms with Gasteiger partial charge in [-0.15, -0.1) is 0 Å². The number of fused-ring (bicyclic) bond motifs is 2. The molecule has 1 atom stereocenters. The lowest BCUT2D eigenvalue weighted by Gasteiger charge is -2.33. The van der Waals surface area contributed by atoms with Crippen molar-refractivity contribution in [1.29, 1.82) is 0 Å². The summed E-state index contributed by atoms with van der Waals surface area (Å²) in [7, 11) is 0. The Labute approximate surface area is 211 Å². The monoisotopic (exact) mass is 480 g/mol. The van der Waals surface area contributed by atoms with Gasteiger partial charge in [0.25, 0.3) is 0 Å². The van der Waals surface area contributed by atoms with Gasteiger partial charge in [0.05, 0.1) is 12.5 Å². The highest BCUT2D eigenvalue weighted by atomic mass is 19.1. The standard InChI is InChI=1S/C31H29FN2O2/c32-28-15-7-4-12-24(28)19-31(35)34-21-26-14-5-8-16-29(26)33-20-25-13-6-9-17-30(25)36-22-27(34)18-23-10-2-1-3-11-23/h1-17,27,33H,18-22H2/t27-/m0/s1. The Kier molecular flexibility index (Phi) is 7.27. The molecule has 36 heavy (non-hydrogen) atoms. The number of carbonyl (C=O) groups excluding carboxylic acids is 1. The van der Waals surface area contributed by atoms with Gasteiger partial charge in [-0.3, -0.25) is 4.79 Å². The van der Waals surface area contributed by atoms with Crippen LogP contribution < -0.4 is 10.1 Å². The molecule has 0 bridgehead atoms. The number of benzene rings is 4. The average molecular weight is 481 g/mol. The molecule has 0 saturated heterocycles. The average Bonchev–Trinajstić information content (AvgIpc) is 2.94. The molecule has 1 aliphatic heterocycles. The molecule has 1 aliphatic rings. The molecule has 5 heteroatoms. The molecule has 0 saturated carbocycles. The maximum Gasteiger partial charge on any atom is 0.227 e. The van der Waals surface area contributed by atoms with Crippen LogP contribution >= 0.6 is 0 Å². The van der Waals surface area contributed by atoms with Gasteiger partial charge in [-0.05, 0) is 41.3 Å². The van der Waals surface area contributed by atoms with E-state index in [4.69, 9.17) is 4.74 Å². The number of amides is 1. The normalized spacial score (nSPS) is 15.5. The lowest BCUT2D eigenvalue weighted by molar-refractivity contribution is -0.134. The molecule has 1 amide bonds. The predicted molar refractivity (Wildman–Crippen MR) is 140 cm³/mol. The molecule has 0 spiro atoms. The Bertz CT molecular complexity index is 1320. The van der Waals surface area contributed by atoms with Crippen LogP contribution in [-0.4, -0.2) is 23.5 Å². The van der Waals surface area contributed by atoms with E-state index in [2.05, 4.69) is 23.5 Å². The Morgan fingerprint density at radius 2 is 1.56 bits per heavy atom. The zero-order chi connectivity index (χ0) is 24.7. The SMILES string of the molecule is O=C(Cc1ccccc1F)N1Cc2ccccc2NCc2ccccc2OC[C@@H]1Cc1ccccc1. The summed E-state index contributed by atoms with van der Waals surface area (Å²) in [6.45, 7) is 1.34. The highest BCUT2D eigenvalue weighted by molar-refractivity contribution is 5.79. The van der Waals surface area contributed by atoms with Crippen LogP contribution in [0.25, 0.3) is 0 Å². The zero-order valence-corrected chi connectivity index (χ0v) is 20.1. The molecule has 4 aromatic rings. The van der Waals surface area contributed by atoms with Crippen LogP contribution in [0.4, 0.5) is 10.1 Å². The van der Waals surface area contributed by atoms with Crippen molar-refractivity contribution in [2.75, 3.05) is 11.9 Å². The third-order valence-corrected chi connectivity index (χ3v) is 6.61. The van der Waals surface area contributed by atoms with Crippen molar-refractivity contribution in [2.45, 2.75) is 32.0 Å². The van der Waals surface area contributed by atoms with Gasteiger partial charge in [-0.25, -0.2) is 4.39 Å². The minimum atomic E-state index is -0.365. The van der Waals surface area contributed by atoms with E-state index in [1.165, 1.54) is 6.07 Å². The summed E-state index contributed by atoms with van der Waals surface area (Å²) in [4.78, 5) is 15.7. The van der Waals surface area contributed by atoms with Crippen LogP contribution in [0, 0.1) is 5.82 Å². The van der Waals surface area contributed by atoms with Crippen molar-refractivity contribution in [3.8, 4) is 5.75 Å². The van der Waals surface area contributed by atoms with E-state index in [0.717, 1.165) is 28.1 Å². The van der Waals surface area contributed by atoms with Crippen molar-refractivity contribution in [3.05, 3.63) is 131 Å². The van der Waals surface area contributed by atoms with Crippen molar-refractivity contribution in [3.63, 3.8) is 0 Å². The number of anilines is 1. The van der Waals surface area contributed by atoms with E-state index in [1.807, 2.05) is 65.6 Å². The lowest BCUT2D eigenvalue weighted by Crippen LogP contribution is -2.45. The number of ether oxygens (including phenoxy) is 1. The van der Waals surface area contributed by atoms with Gasteiger partial charge in [0.1, 0.15) is 18.2 Å². The van der Waals surface area contributed by atoms with Gasteiger partial charge in [0.15, 0.2) is 0 Å². The third-order valence-electron chi connectivity index (χ3n) is 6.61. The van der Waals surface area contributed by atoms with E-state index in [0.29, 0.717) is 31.7 Å². The summed E-state index contributed by atoms with van der Waals surface area (Å²) < 4.78 is 20.8. The summed E-state index contributed by atoms with van der Waals surface area (Å²) in [5.74, 6) is 0.298. The Balaban J connectivity index is 1.55. The first-order valence-electron chi connectivity index (χ1n) is 12.3. The van der Waals surface area contributed by atoms with Crippen LogP contribution in [0.5, 0.6) is 5.75 Å². The smallest absolute Gasteiger partial charge is 0.227 e.